The molecule has 108 valence electrons. The molecule has 0 aliphatic carbocycles. The predicted octanol–water partition coefficient (Wildman–Crippen LogP) is 0.0172. The third-order valence-electron chi connectivity index (χ3n) is 2.91. The van der Waals surface area contributed by atoms with Crippen molar-refractivity contribution in [2.24, 2.45) is 5.92 Å². The van der Waals surface area contributed by atoms with E-state index in [0.29, 0.717) is 19.4 Å². The predicted molar refractivity (Wildman–Crippen MR) is 68.6 cm³/mol. The van der Waals surface area contributed by atoms with Crippen LogP contribution in [-0.2, 0) is 9.59 Å². The minimum Gasteiger partial charge on any atom is -0.481 e. The fourth-order valence-corrected chi connectivity index (χ4v) is 2.00. The molecule has 0 aromatic carbocycles. The van der Waals surface area contributed by atoms with E-state index in [9.17, 15) is 14.4 Å². The van der Waals surface area contributed by atoms with Crippen LogP contribution < -0.4 is 10.6 Å². The first kappa shape index (κ1) is 15.3. The molecule has 7 heteroatoms. The number of nitrogens with zero attached hydrogens (tertiary/aromatic N) is 1. The lowest BCUT2D eigenvalue weighted by molar-refractivity contribution is -0.143. The monoisotopic (exact) mass is 271 g/mol. The highest BCUT2D eigenvalue weighted by Gasteiger charge is 2.28. The van der Waals surface area contributed by atoms with Crippen molar-refractivity contribution in [1.29, 1.82) is 0 Å². The summed E-state index contributed by atoms with van der Waals surface area (Å²) < 4.78 is 0. The first-order chi connectivity index (χ1) is 8.90. The SMILES string of the molecule is CC(C)NC(=O)CNC(=O)N1CCCC(C(=O)O)C1. The van der Waals surface area contributed by atoms with Gasteiger partial charge in [0, 0.05) is 19.1 Å². The molecule has 0 aromatic rings. The van der Waals surface area contributed by atoms with Gasteiger partial charge in [-0.15, -0.1) is 0 Å². The van der Waals surface area contributed by atoms with Crippen LogP contribution in [-0.4, -0.2) is 53.6 Å². The summed E-state index contributed by atoms with van der Waals surface area (Å²) in [5.74, 6) is -1.64. The summed E-state index contributed by atoms with van der Waals surface area (Å²) in [6, 6.07) is -0.361. The Hall–Kier alpha value is -1.79. The second-order valence-electron chi connectivity index (χ2n) is 5.00. The zero-order valence-corrected chi connectivity index (χ0v) is 11.3. The lowest BCUT2D eigenvalue weighted by Crippen LogP contribution is -2.49. The van der Waals surface area contributed by atoms with Crippen LogP contribution in [0.15, 0.2) is 0 Å². The van der Waals surface area contributed by atoms with E-state index >= 15 is 0 Å². The molecular formula is C12H21N3O4. The molecule has 0 bridgehead atoms. The van der Waals surface area contributed by atoms with Crippen molar-refractivity contribution in [3.63, 3.8) is 0 Å². The molecule has 0 aromatic heterocycles. The van der Waals surface area contributed by atoms with Crippen LogP contribution in [0.2, 0.25) is 0 Å². The van der Waals surface area contributed by atoms with E-state index in [0.717, 1.165) is 0 Å². The van der Waals surface area contributed by atoms with Gasteiger partial charge in [-0.05, 0) is 26.7 Å². The first-order valence-corrected chi connectivity index (χ1v) is 6.45. The second-order valence-corrected chi connectivity index (χ2v) is 5.00. The van der Waals surface area contributed by atoms with Crippen LogP contribution in [0.1, 0.15) is 26.7 Å². The van der Waals surface area contributed by atoms with Crippen molar-refractivity contribution in [1.82, 2.24) is 15.5 Å². The van der Waals surface area contributed by atoms with Crippen LogP contribution in [0, 0.1) is 5.92 Å². The Kier molecular flexibility index (Phi) is 5.59. The summed E-state index contributed by atoms with van der Waals surface area (Å²) in [6.07, 6.45) is 1.26. The molecule has 1 fully saturated rings. The van der Waals surface area contributed by atoms with Crippen molar-refractivity contribution < 1.29 is 19.5 Å². The van der Waals surface area contributed by atoms with Gasteiger partial charge < -0.3 is 20.6 Å². The molecule has 1 heterocycles. The van der Waals surface area contributed by atoms with Gasteiger partial charge in [0.2, 0.25) is 5.91 Å². The Balaban J connectivity index is 2.37. The maximum atomic E-state index is 11.8. The molecule has 0 saturated carbocycles. The van der Waals surface area contributed by atoms with Gasteiger partial charge in [-0.3, -0.25) is 9.59 Å². The third kappa shape index (κ3) is 5.15. The van der Waals surface area contributed by atoms with Gasteiger partial charge in [0.1, 0.15) is 0 Å². The van der Waals surface area contributed by atoms with E-state index in [4.69, 9.17) is 5.11 Å². The van der Waals surface area contributed by atoms with Crippen LogP contribution in [0.3, 0.4) is 0 Å². The number of urea groups is 1. The summed E-state index contributed by atoms with van der Waals surface area (Å²) in [5.41, 5.74) is 0. The van der Waals surface area contributed by atoms with E-state index in [-0.39, 0.29) is 31.1 Å². The lowest BCUT2D eigenvalue weighted by Gasteiger charge is -2.30. The standard InChI is InChI=1S/C12H21N3O4/c1-8(2)14-10(16)6-13-12(19)15-5-3-4-9(7-15)11(17)18/h8-9H,3-7H2,1-2H3,(H,13,19)(H,14,16)(H,17,18). The quantitative estimate of drug-likeness (QED) is 0.671. The molecule has 1 saturated heterocycles. The van der Waals surface area contributed by atoms with E-state index in [1.807, 2.05) is 13.8 Å². The number of nitrogens with one attached hydrogen (secondary N) is 2. The zero-order chi connectivity index (χ0) is 14.4. The Morgan fingerprint density at radius 2 is 2.05 bits per heavy atom. The van der Waals surface area contributed by atoms with Crippen molar-refractivity contribution in [3.8, 4) is 0 Å². The number of aliphatic carboxylic acids is 1. The average Bonchev–Trinajstić information content (AvgIpc) is 2.35. The van der Waals surface area contributed by atoms with E-state index in [1.54, 1.807) is 0 Å². The van der Waals surface area contributed by atoms with E-state index in [2.05, 4.69) is 10.6 Å². The lowest BCUT2D eigenvalue weighted by atomic mass is 9.99. The topological polar surface area (TPSA) is 98.7 Å². The summed E-state index contributed by atoms with van der Waals surface area (Å²) >= 11 is 0. The van der Waals surface area contributed by atoms with Gasteiger partial charge in [-0.25, -0.2) is 4.79 Å². The number of carbonyl (C=O) groups excluding carboxylic acids is 2. The number of piperidine rings is 1. The van der Waals surface area contributed by atoms with Gasteiger partial charge in [0.15, 0.2) is 0 Å². The maximum absolute atomic E-state index is 11.8. The third-order valence-corrected chi connectivity index (χ3v) is 2.91. The van der Waals surface area contributed by atoms with Crippen molar-refractivity contribution >= 4 is 17.9 Å². The Morgan fingerprint density at radius 3 is 2.63 bits per heavy atom. The van der Waals surface area contributed by atoms with Crippen LogP contribution >= 0.6 is 0 Å². The zero-order valence-electron chi connectivity index (χ0n) is 11.3. The molecule has 1 aliphatic rings. The van der Waals surface area contributed by atoms with E-state index in [1.165, 1.54) is 4.90 Å². The largest absolute Gasteiger partial charge is 0.481 e. The van der Waals surface area contributed by atoms with Gasteiger partial charge in [0.25, 0.3) is 0 Å². The number of rotatable bonds is 4. The number of likely N-dealkylation sites (tertiary alicyclic amines) is 1. The van der Waals surface area contributed by atoms with Crippen LogP contribution in [0.4, 0.5) is 4.79 Å². The van der Waals surface area contributed by atoms with Crippen molar-refractivity contribution in [2.45, 2.75) is 32.7 Å². The summed E-state index contributed by atoms with van der Waals surface area (Å²) in [6.45, 7) is 4.31. The molecule has 1 atom stereocenters. The van der Waals surface area contributed by atoms with Crippen molar-refractivity contribution in [3.05, 3.63) is 0 Å². The Labute approximate surface area is 112 Å². The number of carbonyl (C=O) groups is 3. The average molecular weight is 271 g/mol. The Morgan fingerprint density at radius 1 is 1.37 bits per heavy atom. The van der Waals surface area contributed by atoms with Crippen molar-refractivity contribution in [2.75, 3.05) is 19.6 Å². The molecule has 3 N–H and O–H groups in total. The molecule has 19 heavy (non-hydrogen) atoms. The molecule has 3 amide bonds. The highest BCUT2D eigenvalue weighted by atomic mass is 16.4. The summed E-state index contributed by atoms with van der Waals surface area (Å²) in [7, 11) is 0. The number of carboxylic acid groups (broad SMARTS) is 1. The smallest absolute Gasteiger partial charge is 0.317 e. The second kappa shape index (κ2) is 6.96. The number of amides is 3. The van der Waals surface area contributed by atoms with Crippen LogP contribution in [0.25, 0.3) is 0 Å². The molecule has 1 rings (SSSR count). The fraction of sp³-hybridized carbons (Fsp3) is 0.750. The summed E-state index contributed by atoms with van der Waals surface area (Å²) in [5, 5.41) is 14.1. The van der Waals surface area contributed by atoms with Gasteiger partial charge in [0.05, 0.1) is 12.5 Å². The molecular weight excluding hydrogens is 250 g/mol. The minimum absolute atomic E-state index is 0.0239. The maximum Gasteiger partial charge on any atom is 0.317 e. The number of carboxylic acids is 1. The fourth-order valence-electron chi connectivity index (χ4n) is 2.00. The number of hydrogen-bond acceptors (Lipinski definition) is 3. The molecule has 7 nitrogen and oxygen atoms in total. The highest BCUT2D eigenvalue weighted by molar-refractivity contribution is 5.84. The molecule has 1 aliphatic heterocycles. The molecule has 0 spiro atoms. The van der Waals surface area contributed by atoms with E-state index < -0.39 is 11.9 Å². The summed E-state index contributed by atoms with van der Waals surface area (Å²) in [4.78, 5) is 35.5. The Bertz CT molecular complexity index is 357. The van der Waals surface area contributed by atoms with Gasteiger partial charge >= 0.3 is 12.0 Å². The van der Waals surface area contributed by atoms with Gasteiger partial charge in [-0.2, -0.15) is 0 Å². The molecule has 1 unspecified atom stereocenters. The normalized spacial score (nSPS) is 19.1. The number of hydrogen-bond donors (Lipinski definition) is 3. The highest BCUT2D eigenvalue weighted by Crippen LogP contribution is 2.16. The minimum atomic E-state index is -0.880. The van der Waals surface area contributed by atoms with Gasteiger partial charge in [-0.1, -0.05) is 0 Å². The molecule has 0 radical (unpaired) electrons. The first-order valence-electron chi connectivity index (χ1n) is 6.45. The van der Waals surface area contributed by atoms with Crippen LogP contribution in [0.5, 0.6) is 0 Å².